The van der Waals surface area contributed by atoms with Crippen molar-refractivity contribution in [3.05, 3.63) is 12.2 Å². The van der Waals surface area contributed by atoms with Crippen LogP contribution < -0.4 is 0 Å². The van der Waals surface area contributed by atoms with Gasteiger partial charge in [-0.2, -0.15) is 0 Å². The molecule has 0 saturated carbocycles. The van der Waals surface area contributed by atoms with Crippen molar-refractivity contribution in [2.45, 2.75) is 0 Å². The predicted molar refractivity (Wildman–Crippen MR) is 48.3 cm³/mol. The molecule has 0 N–H and O–H groups in total. The van der Waals surface area contributed by atoms with Crippen molar-refractivity contribution in [2.24, 2.45) is 0 Å². The molecule has 0 saturated heterocycles. The van der Waals surface area contributed by atoms with Crippen LogP contribution in [0, 0.1) is 0 Å². The van der Waals surface area contributed by atoms with Gasteiger partial charge in [0, 0.05) is 13.1 Å². The van der Waals surface area contributed by atoms with Crippen molar-refractivity contribution in [1.29, 1.82) is 0 Å². The van der Waals surface area contributed by atoms with Crippen molar-refractivity contribution in [3.8, 4) is 0 Å². The van der Waals surface area contributed by atoms with Gasteiger partial charge in [0.15, 0.2) is 0 Å². The molecule has 70 valence electrons. The Morgan fingerprint density at radius 1 is 1.00 bits per heavy atom. The van der Waals surface area contributed by atoms with Gasteiger partial charge in [0.25, 0.3) is 0 Å². The van der Waals surface area contributed by atoms with E-state index in [0.29, 0.717) is 13.2 Å². The van der Waals surface area contributed by atoms with Crippen LogP contribution in [0.15, 0.2) is 12.2 Å². The van der Waals surface area contributed by atoms with Gasteiger partial charge in [-0.3, -0.25) is 0 Å². The first-order valence-corrected chi connectivity index (χ1v) is 4.38. The van der Waals surface area contributed by atoms with E-state index < -0.39 is 0 Å². The molecule has 12 heavy (non-hydrogen) atoms. The zero-order chi connectivity index (χ0) is 8.65. The van der Waals surface area contributed by atoms with Crippen LogP contribution >= 0.6 is 0 Å². The summed E-state index contributed by atoms with van der Waals surface area (Å²) in [6.07, 6.45) is 4.01. The minimum atomic E-state index is 0.706. The fourth-order valence-electron chi connectivity index (χ4n) is 0.991. The molecular weight excluding hydrogens is 154 g/mol. The maximum atomic E-state index is 5.35. The van der Waals surface area contributed by atoms with E-state index in [1.807, 2.05) is 12.2 Å². The molecule has 3 heteroatoms. The van der Waals surface area contributed by atoms with Crippen LogP contribution in [0.1, 0.15) is 0 Å². The van der Waals surface area contributed by atoms with Crippen molar-refractivity contribution in [2.75, 3.05) is 46.6 Å². The summed E-state index contributed by atoms with van der Waals surface area (Å²) in [7, 11) is 2.08. The SMILES string of the molecule is CN1CCOC/C=C\COCC1. The minimum absolute atomic E-state index is 0.706. The van der Waals surface area contributed by atoms with E-state index in [1.54, 1.807) is 0 Å². The number of ether oxygens (including phenoxy) is 2. The van der Waals surface area contributed by atoms with E-state index in [2.05, 4.69) is 11.9 Å². The Labute approximate surface area is 74.0 Å². The third-order valence-electron chi connectivity index (χ3n) is 1.83. The maximum Gasteiger partial charge on any atom is 0.0648 e. The lowest BCUT2D eigenvalue weighted by atomic mass is 10.5. The first-order valence-electron chi connectivity index (χ1n) is 4.38. The van der Waals surface area contributed by atoms with E-state index in [0.717, 1.165) is 26.3 Å². The van der Waals surface area contributed by atoms with E-state index >= 15 is 0 Å². The Morgan fingerprint density at radius 3 is 2.00 bits per heavy atom. The van der Waals surface area contributed by atoms with E-state index in [1.165, 1.54) is 0 Å². The lowest BCUT2D eigenvalue weighted by molar-refractivity contribution is 0.110. The Kier molecular flexibility index (Phi) is 4.99. The molecule has 0 bridgehead atoms. The first kappa shape index (κ1) is 9.71. The Morgan fingerprint density at radius 2 is 1.50 bits per heavy atom. The summed E-state index contributed by atoms with van der Waals surface area (Å²) in [5.41, 5.74) is 0. The largest absolute Gasteiger partial charge is 0.376 e. The molecule has 0 aliphatic carbocycles. The zero-order valence-corrected chi connectivity index (χ0v) is 7.66. The molecular formula is C9H17NO2. The summed E-state index contributed by atoms with van der Waals surface area (Å²) in [6.45, 7) is 4.99. The highest BCUT2D eigenvalue weighted by Crippen LogP contribution is 1.88. The van der Waals surface area contributed by atoms with E-state index in [9.17, 15) is 0 Å². The number of likely N-dealkylation sites (N-methyl/N-ethyl adjacent to an activating group) is 1. The molecule has 1 aliphatic rings. The second kappa shape index (κ2) is 6.17. The van der Waals surface area contributed by atoms with Gasteiger partial charge in [-0.25, -0.2) is 0 Å². The topological polar surface area (TPSA) is 21.7 Å². The third kappa shape index (κ3) is 4.49. The summed E-state index contributed by atoms with van der Waals surface area (Å²) in [6, 6.07) is 0. The fourth-order valence-corrected chi connectivity index (χ4v) is 0.991. The highest BCUT2D eigenvalue weighted by molar-refractivity contribution is 4.81. The van der Waals surface area contributed by atoms with Gasteiger partial charge in [-0.1, -0.05) is 12.2 Å². The Bertz CT molecular complexity index is 122. The van der Waals surface area contributed by atoms with E-state index in [4.69, 9.17) is 9.47 Å². The molecule has 0 amide bonds. The van der Waals surface area contributed by atoms with Gasteiger partial charge in [-0.15, -0.1) is 0 Å². The number of nitrogens with zero attached hydrogens (tertiary/aromatic N) is 1. The summed E-state index contributed by atoms with van der Waals surface area (Å²) < 4.78 is 10.7. The smallest absolute Gasteiger partial charge is 0.0648 e. The average molecular weight is 171 g/mol. The van der Waals surface area contributed by atoms with Gasteiger partial charge in [0.2, 0.25) is 0 Å². The van der Waals surface area contributed by atoms with Crippen LogP contribution in [0.25, 0.3) is 0 Å². The lowest BCUT2D eigenvalue weighted by Crippen LogP contribution is -2.26. The van der Waals surface area contributed by atoms with Gasteiger partial charge in [0.1, 0.15) is 0 Å². The fraction of sp³-hybridized carbons (Fsp3) is 0.778. The second-order valence-electron chi connectivity index (χ2n) is 2.92. The van der Waals surface area contributed by atoms with Crippen LogP contribution in [0.5, 0.6) is 0 Å². The van der Waals surface area contributed by atoms with Gasteiger partial charge in [-0.05, 0) is 7.05 Å². The molecule has 0 radical (unpaired) electrons. The molecule has 0 unspecified atom stereocenters. The van der Waals surface area contributed by atoms with Crippen LogP contribution in [0.3, 0.4) is 0 Å². The summed E-state index contributed by atoms with van der Waals surface area (Å²) in [4.78, 5) is 2.21. The van der Waals surface area contributed by atoms with Gasteiger partial charge < -0.3 is 14.4 Å². The number of rotatable bonds is 0. The third-order valence-corrected chi connectivity index (χ3v) is 1.83. The molecule has 1 aliphatic heterocycles. The van der Waals surface area contributed by atoms with Crippen LogP contribution in [0.2, 0.25) is 0 Å². The number of hydrogen-bond acceptors (Lipinski definition) is 3. The van der Waals surface area contributed by atoms with Crippen LogP contribution in [-0.4, -0.2) is 51.5 Å². The molecule has 1 heterocycles. The molecule has 0 spiro atoms. The van der Waals surface area contributed by atoms with Crippen molar-refractivity contribution >= 4 is 0 Å². The minimum Gasteiger partial charge on any atom is -0.376 e. The summed E-state index contributed by atoms with van der Waals surface area (Å²) in [5, 5.41) is 0. The van der Waals surface area contributed by atoms with Gasteiger partial charge in [0.05, 0.1) is 26.4 Å². The highest BCUT2D eigenvalue weighted by Gasteiger charge is 1.98. The van der Waals surface area contributed by atoms with Crippen LogP contribution in [-0.2, 0) is 9.47 Å². The average Bonchev–Trinajstić information content (AvgIpc) is 2.11. The first-order chi connectivity index (χ1) is 5.89. The number of hydrogen-bond donors (Lipinski definition) is 0. The van der Waals surface area contributed by atoms with Crippen molar-refractivity contribution < 1.29 is 9.47 Å². The Balaban J connectivity index is 2.21. The van der Waals surface area contributed by atoms with Crippen LogP contribution in [0.4, 0.5) is 0 Å². The van der Waals surface area contributed by atoms with Crippen molar-refractivity contribution in [3.63, 3.8) is 0 Å². The standard InChI is InChI=1S/C9H17NO2/c1-10-4-8-11-6-2-3-7-12-9-5-10/h2-3H,4-9H2,1H3/b3-2-. The van der Waals surface area contributed by atoms with E-state index in [-0.39, 0.29) is 0 Å². The summed E-state index contributed by atoms with van der Waals surface area (Å²) in [5.74, 6) is 0. The zero-order valence-electron chi connectivity index (χ0n) is 7.66. The second-order valence-corrected chi connectivity index (χ2v) is 2.92. The van der Waals surface area contributed by atoms with Gasteiger partial charge >= 0.3 is 0 Å². The lowest BCUT2D eigenvalue weighted by Gasteiger charge is -2.15. The quantitative estimate of drug-likeness (QED) is 0.496. The molecule has 3 nitrogen and oxygen atoms in total. The molecule has 0 aromatic rings. The molecule has 0 fully saturated rings. The molecule has 0 atom stereocenters. The monoisotopic (exact) mass is 171 g/mol. The highest BCUT2D eigenvalue weighted by atomic mass is 16.5. The maximum absolute atomic E-state index is 5.35. The summed E-state index contributed by atoms with van der Waals surface area (Å²) >= 11 is 0. The predicted octanol–water partition coefficient (Wildman–Crippen LogP) is 0.521. The molecule has 0 aromatic heterocycles. The molecule has 0 aromatic carbocycles. The van der Waals surface area contributed by atoms with Crippen molar-refractivity contribution in [1.82, 2.24) is 4.90 Å². The Hall–Kier alpha value is -0.380. The molecule has 1 rings (SSSR count). The normalized spacial score (nSPS) is 26.1.